The molecule has 4 heteroatoms. The molecule has 1 aliphatic heterocycles. The summed E-state index contributed by atoms with van der Waals surface area (Å²) in [6.07, 6.45) is 0. The molecule has 1 aromatic rings. The van der Waals surface area contributed by atoms with Gasteiger partial charge < -0.3 is 14.8 Å². The van der Waals surface area contributed by atoms with Crippen LogP contribution in [0.25, 0.3) is 0 Å². The molecule has 1 aliphatic rings. The van der Waals surface area contributed by atoms with Gasteiger partial charge in [0, 0.05) is 6.92 Å². The maximum Gasteiger partial charge on any atom is 0.221 e. The van der Waals surface area contributed by atoms with Gasteiger partial charge in [-0.15, -0.1) is 0 Å². The molecule has 1 N–H and O–H groups in total. The first-order valence-electron chi connectivity index (χ1n) is 5.74. The van der Waals surface area contributed by atoms with E-state index in [0.29, 0.717) is 18.0 Å². The van der Waals surface area contributed by atoms with Crippen LogP contribution in [0.4, 0.5) is 5.69 Å². The number of hydrogen-bond donors (Lipinski definition) is 1. The Morgan fingerprint density at radius 1 is 1.59 bits per heavy atom. The molecule has 0 aromatic heterocycles. The Kier molecular flexibility index (Phi) is 3.07. The van der Waals surface area contributed by atoms with E-state index in [9.17, 15) is 4.79 Å². The van der Waals surface area contributed by atoms with Gasteiger partial charge in [-0.3, -0.25) is 4.79 Å². The summed E-state index contributed by atoms with van der Waals surface area (Å²) in [7, 11) is 0. The van der Waals surface area contributed by atoms with E-state index in [1.165, 1.54) is 6.92 Å². The number of anilines is 1. The molecule has 0 spiro atoms. The van der Waals surface area contributed by atoms with Crippen LogP contribution in [-0.4, -0.2) is 19.1 Å². The third-order valence-corrected chi connectivity index (χ3v) is 2.78. The van der Waals surface area contributed by atoms with Gasteiger partial charge in [0.15, 0.2) is 0 Å². The second-order valence-corrected chi connectivity index (χ2v) is 4.34. The number of rotatable bonds is 4. The van der Waals surface area contributed by atoms with Gasteiger partial charge in [0.1, 0.15) is 11.4 Å². The highest BCUT2D eigenvalue weighted by atomic mass is 16.6. The molecule has 1 unspecified atom stereocenters. The minimum absolute atomic E-state index is 0.107. The van der Waals surface area contributed by atoms with Crippen LogP contribution in [0.15, 0.2) is 18.2 Å². The fourth-order valence-electron chi connectivity index (χ4n) is 1.70. The van der Waals surface area contributed by atoms with Crippen molar-refractivity contribution in [2.45, 2.75) is 26.4 Å². The van der Waals surface area contributed by atoms with Crippen LogP contribution in [0.3, 0.4) is 0 Å². The van der Waals surface area contributed by atoms with E-state index in [2.05, 4.69) is 5.32 Å². The number of ether oxygens (including phenoxy) is 2. The zero-order valence-corrected chi connectivity index (χ0v) is 10.4. The van der Waals surface area contributed by atoms with Gasteiger partial charge in [0.2, 0.25) is 5.91 Å². The molecule has 2 rings (SSSR count). The Balaban J connectivity index is 2.31. The molecule has 1 fully saturated rings. The molecule has 17 heavy (non-hydrogen) atoms. The molecule has 4 nitrogen and oxygen atoms in total. The fraction of sp³-hybridized carbons (Fsp3) is 0.462. The lowest BCUT2D eigenvalue weighted by Gasteiger charge is -2.14. The van der Waals surface area contributed by atoms with E-state index in [-0.39, 0.29) is 11.5 Å². The lowest BCUT2D eigenvalue weighted by Crippen LogP contribution is -2.10. The molecule has 92 valence electrons. The van der Waals surface area contributed by atoms with E-state index < -0.39 is 0 Å². The van der Waals surface area contributed by atoms with Gasteiger partial charge in [-0.2, -0.15) is 0 Å². The van der Waals surface area contributed by atoms with E-state index in [1.807, 2.05) is 32.0 Å². The van der Waals surface area contributed by atoms with Gasteiger partial charge >= 0.3 is 0 Å². The lowest BCUT2D eigenvalue weighted by molar-refractivity contribution is -0.114. The minimum Gasteiger partial charge on any atom is -0.492 e. The van der Waals surface area contributed by atoms with Gasteiger partial charge in [0.25, 0.3) is 0 Å². The van der Waals surface area contributed by atoms with E-state index >= 15 is 0 Å². The van der Waals surface area contributed by atoms with E-state index in [1.54, 1.807) is 0 Å². The van der Waals surface area contributed by atoms with E-state index in [0.717, 1.165) is 12.2 Å². The van der Waals surface area contributed by atoms with Crippen LogP contribution in [0.5, 0.6) is 5.75 Å². The van der Waals surface area contributed by atoms with Crippen LogP contribution < -0.4 is 10.1 Å². The van der Waals surface area contributed by atoms with Crippen LogP contribution >= 0.6 is 0 Å². The molecule has 0 radical (unpaired) electrons. The number of benzene rings is 1. The Labute approximate surface area is 101 Å². The minimum atomic E-state index is -0.196. The number of epoxide rings is 1. The predicted molar refractivity (Wildman–Crippen MR) is 65.2 cm³/mol. The van der Waals surface area contributed by atoms with Crippen molar-refractivity contribution in [3.8, 4) is 5.75 Å². The Morgan fingerprint density at radius 2 is 2.29 bits per heavy atom. The average molecular weight is 235 g/mol. The monoisotopic (exact) mass is 235 g/mol. The number of nitrogens with one attached hydrogen (secondary N) is 1. The summed E-state index contributed by atoms with van der Waals surface area (Å²) in [6.45, 7) is 6.72. The van der Waals surface area contributed by atoms with Crippen LogP contribution in [-0.2, 0) is 15.1 Å². The molecule has 1 heterocycles. The second-order valence-electron chi connectivity index (χ2n) is 4.34. The van der Waals surface area contributed by atoms with Crippen molar-refractivity contribution >= 4 is 11.6 Å². The summed E-state index contributed by atoms with van der Waals surface area (Å²) in [5, 5.41) is 2.78. The fourth-order valence-corrected chi connectivity index (χ4v) is 1.70. The van der Waals surface area contributed by atoms with Crippen molar-refractivity contribution < 1.29 is 14.3 Å². The summed E-state index contributed by atoms with van der Waals surface area (Å²) in [4.78, 5) is 11.1. The first-order chi connectivity index (χ1) is 8.05. The smallest absolute Gasteiger partial charge is 0.221 e. The second kappa shape index (κ2) is 4.37. The van der Waals surface area contributed by atoms with Crippen LogP contribution in [0.1, 0.15) is 26.3 Å². The molecule has 0 saturated carbocycles. The van der Waals surface area contributed by atoms with Crippen molar-refractivity contribution in [1.82, 2.24) is 0 Å². The van der Waals surface area contributed by atoms with Gasteiger partial charge in [0.05, 0.1) is 18.9 Å². The van der Waals surface area contributed by atoms with Gasteiger partial charge in [-0.05, 0) is 31.5 Å². The third-order valence-electron chi connectivity index (χ3n) is 2.78. The van der Waals surface area contributed by atoms with Gasteiger partial charge in [-0.1, -0.05) is 6.07 Å². The molecule has 1 aromatic carbocycles. The molecule has 1 saturated heterocycles. The first-order valence-corrected chi connectivity index (χ1v) is 5.74. The van der Waals surface area contributed by atoms with Crippen LogP contribution in [0, 0.1) is 0 Å². The van der Waals surface area contributed by atoms with Crippen molar-refractivity contribution in [2.24, 2.45) is 0 Å². The largest absolute Gasteiger partial charge is 0.492 e. The van der Waals surface area contributed by atoms with Crippen molar-refractivity contribution in [1.29, 1.82) is 0 Å². The Morgan fingerprint density at radius 3 is 2.82 bits per heavy atom. The highest BCUT2D eigenvalue weighted by Crippen LogP contribution is 2.40. The first kappa shape index (κ1) is 11.9. The average Bonchev–Trinajstić information content (AvgIpc) is 3.00. The summed E-state index contributed by atoms with van der Waals surface area (Å²) >= 11 is 0. The normalized spacial score (nSPS) is 22.1. The third kappa shape index (κ3) is 2.58. The lowest BCUT2D eigenvalue weighted by atomic mass is 10.0. The summed E-state index contributed by atoms with van der Waals surface area (Å²) in [5.74, 6) is 0.584. The highest BCUT2D eigenvalue weighted by molar-refractivity contribution is 5.90. The zero-order valence-electron chi connectivity index (χ0n) is 10.4. The number of carbonyl (C=O) groups is 1. The molecular weight excluding hydrogens is 218 g/mol. The van der Waals surface area contributed by atoms with Crippen LogP contribution in [0.2, 0.25) is 0 Å². The molecule has 0 bridgehead atoms. The molecule has 1 amide bonds. The van der Waals surface area contributed by atoms with Crippen molar-refractivity contribution in [3.63, 3.8) is 0 Å². The maximum absolute atomic E-state index is 11.1. The highest BCUT2D eigenvalue weighted by Gasteiger charge is 2.41. The molecular formula is C13H17NO3. The summed E-state index contributed by atoms with van der Waals surface area (Å²) < 4.78 is 10.9. The predicted octanol–water partition coefficient (Wildman–Crippen LogP) is 2.29. The summed E-state index contributed by atoms with van der Waals surface area (Å²) in [5.41, 5.74) is 1.57. The van der Waals surface area contributed by atoms with Crippen molar-refractivity contribution in [3.05, 3.63) is 23.8 Å². The van der Waals surface area contributed by atoms with E-state index in [4.69, 9.17) is 9.47 Å². The zero-order chi connectivity index (χ0) is 12.5. The summed E-state index contributed by atoms with van der Waals surface area (Å²) in [6, 6.07) is 5.76. The van der Waals surface area contributed by atoms with Gasteiger partial charge in [-0.25, -0.2) is 0 Å². The SMILES string of the molecule is CCOc1ccc(C2(C)CO2)cc1NC(C)=O. The molecule has 1 atom stereocenters. The number of amides is 1. The molecule has 0 aliphatic carbocycles. The standard InChI is InChI=1S/C13H17NO3/c1-4-16-12-6-5-10(13(3)8-17-13)7-11(12)14-9(2)15/h5-7H,4,8H2,1-3H3,(H,14,15). The number of carbonyl (C=O) groups excluding carboxylic acids is 1. The number of hydrogen-bond acceptors (Lipinski definition) is 3. The Hall–Kier alpha value is -1.55. The topological polar surface area (TPSA) is 50.9 Å². The Bertz CT molecular complexity index is 438. The quantitative estimate of drug-likeness (QED) is 0.814. The maximum atomic E-state index is 11.1. The van der Waals surface area contributed by atoms with Crippen molar-refractivity contribution in [2.75, 3.05) is 18.5 Å².